The molecule has 1 aromatic carbocycles. The maximum atomic E-state index is 12.6. The van der Waals surface area contributed by atoms with Crippen LogP contribution in [0.5, 0.6) is 0 Å². The normalized spacial score (nSPS) is 20.4. The van der Waals surface area contributed by atoms with Crippen LogP contribution in [-0.4, -0.2) is 27.1 Å². The number of benzene rings is 1. The molecule has 3 aromatic rings. The van der Waals surface area contributed by atoms with Crippen molar-refractivity contribution in [3.05, 3.63) is 46.6 Å². The molecule has 2 aromatic heterocycles. The number of fused-ring (bicyclic) bond motifs is 1. The fourth-order valence-electron chi connectivity index (χ4n) is 3.42. The van der Waals surface area contributed by atoms with Crippen LogP contribution in [0.1, 0.15) is 53.7 Å². The summed E-state index contributed by atoms with van der Waals surface area (Å²) < 4.78 is 43.6. The average Bonchev–Trinajstić information content (AvgIpc) is 3.29. The summed E-state index contributed by atoms with van der Waals surface area (Å²) in [5, 5.41) is 8.63. The minimum Gasteiger partial charge on any atom is -0.440 e. The molecule has 4 rings (SSSR count). The smallest absolute Gasteiger partial charge is 0.432 e. The minimum absolute atomic E-state index is 0.126. The summed E-state index contributed by atoms with van der Waals surface area (Å²) in [4.78, 5) is 16.6. The van der Waals surface area contributed by atoms with Gasteiger partial charge in [-0.05, 0) is 43.9 Å². The van der Waals surface area contributed by atoms with Crippen molar-refractivity contribution in [1.82, 2.24) is 20.5 Å². The Hall–Kier alpha value is -2.55. The zero-order valence-electron chi connectivity index (χ0n) is 14.5. The Morgan fingerprint density at radius 3 is 2.64 bits per heavy atom. The number of nitrogens with one attached hydrogen (secondary N) is 2. The van der Waals surface area contributed by atoms with Gasteiger partial charge in [-0.1, -0.05) is 11.6 Å². The monoisotopic (exact) mass is 412 g/mol. The molecule has 1 fully saturated rings. The highest BCUT2D eigenvalue weighted by molar-refractivity contribution is 6.31. The number of alkyl halides is 3. The van der Waals surface area contributed by atoms with Crippen LogP contribution in [0.4, 0.5) is 13.2 Å². The molecular weight excluding hydrogens is 397 g/mol. The molecule has 0 aliphatic heterocycles. The lowest BCUT2D eigenvalue weighted by atomic mass is 9.86. The van der Waals surface area contributed by atoms with Crippen molar-refractivity contribution in [2.24, 2.45) is 0 Å². The number of rotatable bonds is 3. The lowest BCUT2D eigenvalue weighted by Crippen LogP contribution is -2.37. The number of aromatic nitrogens is 3. The number of nitrogens with zero attached hydrogens (tertiary/aromatic N) is 2. The number of carbonyl (C=O) groups excluding carboxylic acids is 1. The number of aromatic amines is 1. The molecule has 6 nitrogen and oxygen atoms in total. The van der Waals surface area contributed by atoms with E-state index in [4.69, 9.17) is 16.0 Å². The number of hydrogen-bond acceptors (Lipinski definition) is 4. The van der Waals surface area contributed by atoms with Crippen LogP contribution in [0.15, 0.2) is 28.7 Å². The third-order valence-corrected chi connectivity index (χ3v) is 5.13. The molecule has 148 valence electrons. The highest BCUT2D eigenvalue weighted by Crippen LogP contribution is 2.34. The topological polar surface area (TPSA) is 83.8 Å². The van der Waals surface area contributed by atoms with Gasteiger partial charge in [-0.3, -0.25) is 9.89 Å². The molecule has 0 atom stereocenters. The molecule has 0 saturated heterocycles. The summed E-state index contributed by atoms with van der Waals surface area (Å²) in [6.07, 6.45) is -1.72. The molecular formula is C18H16ClF3N4O2. The van der Waals surface area contributed by atoms with Crippen LogP contribution in [0.2, 0.25) is 5.02 Å². The first-order valence-electron chi connectivity index (χ1n) is 8.79. The van der Waals surface area contributed by atoms with Crippen molar-refractivity contribution in [2.45, 2.75) is 43.8 Å². The summed E-state index contributed by atoms with van der Waals surface area (Å²) in [6, 6.07) is 5.84. The van der Waals surface area contributed by atoms with Crippen molar-refractivity contribution in [3.63, 3.8) is 0 Å². The first-order chi connectivity index (χ1) is 13.3. The van der Waals surface area contributed by atoms with Gasteiger partial charge >= 0.3 is 6.18 Å². The Labute approximate surface area is 162 Å². The van der Waals surface area contributed by atoms with Gasteiger partial charge in [0.05, 0.1) is 0 Å². The first-order valence-corrected chi connectivity index (χ1v) is 9.17. The third-order valence-electron chi connectivity index (χ3n) is 4.89. The summed E-state index contributed by atoms with van der Waals surface area (Å²) in [5.41, 5.74) is 0.0634. The van der Waals surface area contributed by atoms with Gasteiger partial charge in [-0.25, -0.2) is 4.98 Å². The number of oxazole rings is 1. The summed E-state index contributed by atoms with van der Waals surface area (Å²) >= 11 is 5.97. The van der Waals surface area contributed by atoms with E-state index < -0.39 is 17.8 Å². The number of halogens is 4. The van der Waals surface area contributed by atoms with E-state index in [0.29, 0.717) is 40.9 Å². The van der Waals surface area contributed by atoms with Gasteiger partial charge in [0.2, 0.25) is 0 Å². The molecule has 1 aliphatic rings. The van der Waals surface area contributed by atoms with Crippen LogP contribution in [0.25, 0.3) is 11.1 Å². The summed E-state index contributed by atoms with van der Waals surface area (Å²) in [5.74, 6) is 0.150. The molecule has 2 heterocycles. The molecule has 0 unspecified atom stereocenters. The van der Waals surface area contributed by atoms with E-state index in [0.717, 1.165) is 12.8 Å². The predicted octanol–water partition coefficient (Wildman–Crippen LogP) is 4.68. The zero-order chi connectivity index (χ0) is 19.9. The lowest BCUT2D eigenvalue weighted by molar-refractivity contribution is -0.141. The van der Waals surface area contributed by atoms with Crippen LogP contribution >= 0.6 is 11.6 Å². The van der Waals surface area contributed by atoms with E-state index in [1.54, 1.807) is 18.2 Å². The van der Waals surface area contributed by atoms with Crippen molar-refractivity contribution in [1.29, 1.82) is 0 Å². The number of amides is 1. The summed E-state index contributed by atoms with van der Waals surface area (Å²) in [7, 11) is 0. The summed E-state index contributed by atoms with van der Waals surface area (Å²) in [6.45, 7) is 0. The van der Waals surface area contributed by atoms with E-state index >= 15 is 0 Å². The second kappa shape index (κ2) is 7.12. The maximum Gasteiger partial charge on any atom is 0.432 e. The van der Waals surface area contributed by atoms with E-state index in [1.165, 1.54) is 0 Å². The molecule has 0 spiro atoms. The molecule has 2 N–H and O–H groups in total. The van der Waals surface area contributed by atoms with E-state index in [-0.39, 0.29) is 17.7 Å². The fourth-order valence-corrected chi connectivity index (χ4v) is 3.59. The Bertz CT molecular complexity index is 1010. The second-order valence-electron chi connectivity index (χ2n) is 6.85. The quantitative estimate of drug-likeness (QED) is 0.654. The SMILES string of the molecule is O=C(NC1CCC(c2nc3cc(Cl)ccc3o2)CC1)c1cc(C(F)(F)F)[nH]n1. The fraction of sp³-hybridized carbons (Fsp3) is 0.389. The van der Waals surface area contributed by atoms with E-state index in [9.17, 15) is 18.0 Å². The minimum atomic E-state index is -4.56. The van der Waals surface area contributed by atoms with Crippen LogP contribution < -0.4 is 5.32 Å². The molecule has 0 radical (unpaired) electrons. The third kappa shape index (κ3) is 3.84. The van der Waals surface area contributed by atoms with Crippen LogP contribution in [0, 0.1) is 0 Å². The Morgan fingerprint density at radius 2 is 1.96 bits per heavy atom. The molecule has 1 aliphatic carbocycles. The average molecular weight is 413 g/mol. The molecule has 10 heteroatoms. The van der Waals surface area contributed by atoms with Crippen molar-refractivity contribution < 1.29 is 22.4 Å². The predicted molar refractivity (Wildman–Crippen MR) is 95.1 cm³/mol. The first kappa shape index (κ1) is 18.8. The van der Waals surface area contributed by atoms with Gasteiger partial charge < -0.3 is 9.73 Å². The second-order valence-corrected chi connectivity index (χ2v) is 7.29. The van der Waals surface area contributed by atoms with Gasteiger partial charge in [0.25, 0.3) is 5.91 Å². The number of H-pyrrole nitrogens is 1. The van der Waals surface area contributed by atoms with E-state index in [1.807, 2.05) is 5.10 Å². The van der Waals surface area contributed by atoms with Crippen molar-refractivity contribution in [3.8, 4) is 0 Å². The molecule has 1 saturated carbocycles. The Balaban J connectivity index is 1.36. The van der Waals surface area contributed by atoms with E-state index in [2.05, 4.69) is 15.4 Å². The lowest BCUT2D eigenvalue weighted by Gasteiger charge is -2.27. The van der Waals surface area contributed by atoms with Gasteiger partial charge in [0, 0.05) is 23.0 Å². The Morgan fingerprint density at radius 1 is 1.21 bits per heavy atom. The number of carbonyl (C=O) groups is 1. The standard InChI is InChI=1S/C18H16ClF3N4O2/c19-10-3-6-14-12(7-10)24-17(28-14)9-1-4-11(5-2-9)23-16(27)13-8-15(26-25-13)18(20,21)22/h3,6-9,11H,1-2,4-5H2,(H,23,27)(H,25,26). The maximum absolute atomic E-state index is 12.6. The van der Waals surface area contributed by atoms with Crippen molar-refractivity contribution >= 4 is 28.6 Å². The largest absolute Gasteiger partial charge is 0.440 e. The van der Waals surface area contributed by atoms with Gasteiger partial charge in [0.1, 0.15) is 11.2 Å². The van der Waals surface area contributed by atoms with Gasteiger partial charge in [-0.15, -0.1) is 0 Å². The van der Waals surface area contributed by atoms with Crippen LogP contribution in [-0.2, 0) is 6.18 Å². The van der Waals surface area contributed by atoms with Gasteiger partial charge in [0.15, 0.2) is 17.2 Å². The van der Waals surface area contributed by atoms with Crippen molar-refractivity contribution in [2.75, 3.05) is 0 Å². The van der Waals surface area contributed by atoms with Crippen LogP contribution in [0.3, 0.4) is 0 Å². The molecule has 0 bridgehead atoms. The zero-order valence-corrected chi connectivity index (χ0v) is 15.3. The Kier molecular flexibility index (Phi) is 4.78. The highest BCUT2D eigenvalue weighted by atomic mass is 35.5. The molecule has 1 amide bonds. The van der Waals surface area contributed by atoms with Gasteiger partial charge in [-0.2, -0.15) is 18.3 Å². The molecule has 28 heavy (non-hydrogen) atoms. The number of hydrogen-bond donors (Lipinski definition) is 2. The highest BCUT2D eigenvalue weighted by Gasteiger charge is 2.34.